The summed E-state index contributed by atoms with van der Waals surface area (Å²) in [5, 5.41) is 10.5. The second kappa shape index (κ2) is 13.7. The Bertz CT molecular complexity index is 1410. The predicted octanol–water partition coefficient (Wildman–Crippen LogP) is 7.34. The van der Waals surface area contributed by atoms with Crippen molar-refractivity contribution in [2.75, 3.05) is 24.7 Å². The molecule has 0 radical (unpaired) electrons. The maximum Gasteiger partial charge on any atom is 0.415 e. The summed E-state index contributed by atoms with van der Waals surface area (Å²) in [5.74, 6) is -0.0209. The molecule has 1 unspecified atom stereocenters. The quantitative estimate of drug-likeness (QED) is 0.129. The van der Waals surface area contributed by atoms with Gasteiger partial charge in [0.15, 0.2) is 0 Å². The fourth-order valence-electron chi connectivity index (χ4n) is 4.37. The summed E-state index contributed by atoms with van der Waals surface area (Å²) in [6.45, 7) is 0.376. The molecule has 4 rings (SSSR count). The van der Waals surface area contributed by atoms with Crippen LogP contribution in [0.2, 0.25) is 0 Å². The molecule has 1 amide bonds. The first kappa shape index (κ1) is 29.5. The van der Waals surface area contributed by atoms with Crippen molar-refractivity contribution in [2.24, 2.45) is 0 Å². The van der Waals surface area contributed by atoms with Crippen LogP contribution in [0.25, 0.3) is 10.9 Å². The zero-order valence-corrected chi connectivity index (χ0v) is 23.7. The molecule has 0 aliphatic carbocycles. The van der Waals surface area contributed by atoms with E-state index in [9.17, 15) is 14.7 Å². The number of hydrogen-bond donors (Lipinski definition) is 2. The van der Waals surface area contributed by atoms with Crippen LogP contribution in [0.4, 0.5) is 10.6 Å². The highest BCUT2D eigenvalue weighted by Crippen LogP contribution is 2.34. The van der Waals surface area contributed by atoms with Crippen LogP contribution in [-0.4, -0.2) is 50.7 Å². The van der Waals surface area contributed by atoms with Gasteiger partial charge in [0.05, 0.1) is 13.0 Å². The van der Waals surface area contributed by atoms with Gasteiger partial charge in [-0.3, -0.25) is 9.69 Å². The lowest BCUT2D eigenvalue weighted by Crippen LogP contribution is -2.35. The van der Waals surface area contributed by atoms with Crippen LogP contribution in [0, 0.1) is 0 Å². The molecule has 2 aromatic carbocycles. The average Bonchev–Trinajstić information content (AvgIpc) is 3.36. The van der Waals surface area contributed by atoms with E-state index in [0.29, 0.717) is 37.6 Å². The largest absolute Gasteiger partial charge is 0.494 e. The molecule has 0 fully saturated rings. The number of fused-ring (bicyclic) bond motifs is 1. The Balaban J connectivity index is 1.35. The number of nitrogens with zero attached hydrogens (tertiary/aromatic N) is 2. The molecule has 0 spiro atoms. The maximum absolute atomic E-state index is 12.6. The second-order valence-corrected chi connectivity index (χ2v) is 11.6. The van der Waals surface area contributed by atoms with Crippen molar-refractivity contribution in [2.45, 2.75) is 29.0 Å². The number of aromatic nitrogens is 2. The van der Waals surface area contributed by atoms with Crippen LogP contribution in [0.3, 0.4) is 0 Å². The third-order valence-electron chi connectivity index (χ3n) is 6.19. The number of aliphatic carboxylic acids is 1. The number of anilines is 1. The Morgan fingerprint density at radius 3 is 2.50 bits per heavy atom. The summed E-state index contributed by atoms with van der Waals surface area (Å²) < 4.78 is 9.39. The summed E-state index contributed by atoms with van der Waals surface area (Å²) in [4.78, 5) is 33.1. The van der Waals surface area contributed by atoms with E-state index in [2.05, 4.69) is 9.97 Å². The first-order chi connectivity index (χ1) is 19.2. The fraction of sp³-hybridized carbons (Fsp3) is 0.276. The first-order valence-corrected chi connectivity index (χ1v) is 13.8. The highest BCUT2D eigenvalue weighted by molar-refractivity contribution is 6.67. The van der Waals surface area contributed by atoms with Crippen molar-refractivity contribution in [3.8, 4) is 5.75 Å². The third-order valence-corrected chi connectivity index (χ3v) is 6.52. The number of rotatable bonds is 12. The van der Waals surface area contributed by atoms with E-state index in [0.717, 1.165) is 22.0 Å². The zero-order chi connectivity index (χ0) is 28.5. The van der Waals surface area contributed by atoms with Crippen molar-refractivity contribution < 1.29 is 24.2 Å². The number of carboxylic acids is 1. The molecule has 0 saturated carbocycles. The number of benzene rings is 2. The molecule has 4 aromatic rings. The second-order valence-electron chi connectivity index (χ2n) is 9.08. The van der Waals surface area contributed by atoms with E-state index in [-0.39, 0.29) is 18.9 Å². The van der Waals surface area contributed by atoms with Gasteiger partial charge < -0.3 is 19.6 Å². The maximum atomic E-state index is 12.6. The van der Waals surface area contributed by atoms with Crippen molar-refractivity contribution in [1.29, 1.82) is 0 Å². The number of carbonyl (C=O) groups excluding carboxylic acids is 1. The topological polar surface area (TPSA) is 105 Å². The van der Waals surface area contributed by atoms with Gasteiger partial charge in [0.25, 0.3) is 0 Å². The fourth-order valence-corrected chi connectivity index (χ4v) is 4.53. The van der Waals surface area contributed by atoms with Gasteiger partial charge in [0, 0.05) is 41.8 Å². The van der Waals surface area contributed by atoms with Gasteiger partial charge in [0.1, 0.15) is 18.2 Å². The molecule has 40 heavy (non-hydrogen) atoms. The van der Waals surface area contributed by atoms with E-state index in [1.54, 1.807) is 24.4 Å². The lowest BCUT2D eigenvalue weighted by molar-refractivity contribution is -0.137. The van der Waals surface area contributed by atoms with E-state index in [1.807, 2.05) is 54.7 Å². The van der Waals surface area contributed by atoms with E-state index < -0.39 is 15.9 Å². The molecule has 1 atom stereocenters. The molecule has 2 aromatic heterocycles. The number of nitrogens with one attached hydrogen (secondary N) is 1. The first-order valence-electron chi connectivity index (χ1n) is 12.6. The zero-order valence-electron chi connectivity index (χ0n) is 21.4. The molecule has 8 nitrogen and oxygen atoms in total. The van der Waals surface area contributed by atoms with Gasteiger partial charge in [0.2, 0.25) is 3.79 Å². The van der Waals surface area contributed by atoms with Gasteiger partial charge in [-0.2, -0.15) is 0 Å². The molecule has 0 saturated heterocycles. The Morgan fingerprint density at radius 2 is 1.80 bits per heavy atom. The lowest BCUT2D eigenvalue weighted by Gasteiger charge is -2.22. The van der Waals surface area contributed by atoms with Crippen LogP contribution < -0.4 is 9.64 Å². The number of carboxylic acid groups (broad SMARTS) is 1. The van der Waals surface area contributed by atoms with E-state index in [1.165, 1.54) is 4.90 Å². The van der Waals surface area contributed by atoms with Gasteiger partial charge in [-0.05, 0) is 48.2 Å². The van der Waals surface area contributed by atoms with Gasteiger partial charge in [-0.25, -0.2) is 9.78 Å². The Kier molecular flexibility index (Phi) is 10.1. The number of carbonyl (C=O) groups is 2. The standard InChI is InChI=1S/C29H28Cl3N3O5/c30-29(31,32)19-40-28(38)35(26-10-4-5-13-33-26)14-6-7-15-39-21-11-12-22-24(18-34-25(22)16-21)23(17-27(36)37)20-8-2-1-3-9-20/h1-5,8-13,16,18,23,34H,6-7,14-15,17,19H2,(H,36,37). The molecule has 210 valence electrons. The summed E-state index contributed by atoms with van der Waals surface area (Å²) in [6, 6.07) is 20.6. The molecule has 0 aliphatic rings. The number of ether oxygens (including phenoxy) is 2. The molecular formula is C29H28Cl3N3O5. The number of H-pyrrole nitrogens is 1. The number of hydrogen-bond acceptors (Lipinski definition) is 5. The number of aromatic amines is 1. The molecule has 2 N–H and O–H groups in total. The highest BCUT2D eigenvalue weighted by Gasteiger charge is 2.26. The number of amides is 1. The molecule has 0 bridgehead atoms. The number of unbranched alkanes of at least 4 members (excludes halogenated alkanes) is 1. The van der Waals surface area contributed by atoms with Crippen molar-refractivity contribution in [1.82, 2.24) is 9.97 Å². The van der Waals surface area contributed by atoms with Gasteiger partial charge >= 0.3 is 12.1 Å². The number of pyridine rings is 1. The summed E-state index contributed by atoms with van der Waals surface area (Å²) >= 11 is 17.1. The predicted molar refractivity (Wildman–Crippen MR) is 157 cm³/mol. The Labute approximate surface area is 246 Å². The van der Waals surface area contributed by atoms with Crippen LogP contribution in [0.1, 0.15) is 36.3 Å². The minimum atomic E-state index is -1.71. The molecule has 11 heteroatoms. The molecule has 0 aliphatic heterocycles. The summed E-state index contributed by atoms with van der Waals surface area (Å²) in [7, 11) is 0. The van der Waals surface area contributed by atoms with Gasteiger partial charge in [-0.1, -0.05) is 71.2 Å². The molecule has 2 heterocycles. The van der Waals surface area contributed by atoms with Crippen LogP contribution >= 0.6 is 34.8 Å². The average molecular weight is 605 g/mol. The van der Waals surface area contributed by atoms with Gasteiger partial charge in [-0.15, -0.1) is 0 Å². The Morgan fingerprint density at radius 1 is 1.02 bits per heavy atom. The summed E-state index contributed by atoms with van der Waals surface area (Å²) in [6.07, 6.45) is 4.05. The third kappa shape index (κ3) is 8.27. The lowest BCUT2D eigenvalue weighted by atomic mass is 9.88. The van der Waals surface area contributed by atoms with Crippen molar-refractivity contribution in [3.63, 3.8) is 0 Å². The minimum Gasteiger partial charge on any atom is -0.494 e. The van der Waals surface area contributed by atoms with Crippen LogP contribution in [0.15, 0.2) is 79.1 Å². The van der Waals surface area contributed by atoms with Crippen molar-refractivity contribution in [3.05, 3.63) is 90.3 Å². The smallest absolute Gasteiger partial charge is 0.415 e. The molecular weight excluding hydrogens is 577 g/mol. The monoisotopic (exact) mass is 603 g/mol. The Hall–Kier alpha value is -3.46. The number of alkyl halides is 3. The van der Waals surface area contributed by atoms with E-state index >= 15 is 0 Å². The SMILES string of the molecule is O=C(O)CC(c1ccccc1)c1c[nH]c2cc(OCCCCN(C(=O)OCC(Cl)(Cl)Cl)c3ccccn3)ccc12. The summed E-state index contributed by atoms with van der Waals surface area (Å²) in [5.41, 5.74) is 2.73. The van der Waals surface area contributed by atoms with Crippen LogP contribution in [-0.2, 0) is 9.53 Å². The number of halogens is 3. The minimum absolute atomic E-state index is 0.0111. The van der Waals surface area contributed by atoms with Crippen LogP contribution in [0.5, 0.6) is 5.75 Å². The normalized spacial score (nSPS) is 12.2. The highest BCUT2D eigenvalue weighted by atomic mass is 35.6. The van der Waals surface area contributed by atoms with Crippen molar-refractivity contribution >= 4 is 63.6 Å². The van der Waals surface area contributed by atoms with E-state index in [4.69, 9.17) is 44.3 Å².